The maximum absolute atomic E-state index is 13.5. The van der Waals surface area contributed by atoms with Gasteiger partial charge in [-0.15, -0.1) is 0 Å². The van der Waals surface area contributed by atoms with Crippen molar-refractivity contribution in [3.05, 3.63) is 66.7 Å². The zero-order chi connectivity index (χ0) is 22.5. The fourth-order valence-electron chi connectivity index (χ4n) is 5.57. The molecule has 168 valence electrons. The number of hydrogen-bond donors (Lipinski definition) is 2. The summed E-state index contributed by atoms with van der Waals surface area (Å²) >= 11 is 0. The first-order valence-electron chi connectivity index (χ1n) is 11.9. The fourth-order valence-corrected chi connectivity index (χ4v) is 5.57. The van der Waals surface area contributed by atoms with Gasteiger partial charge in [0.25, 0.3) is 0 Å². The van der Waals surface area contributed by atoms with Crippen LogP contribution in [0.3, 0.4) is 0 Å². The highest BCUT2D eigenvalue weighted by molar-refractivity contribution is 6.02. The van der Waals surface area contributed by atoms with Crippen molar-refractivity contribution < 1.29 is 4.79 Å². The minimum Gasteiger partial charge on any atom is -0.361 e. The van der Waals surface area contributed by atoms with E-state index < -0.39 is 0 Å². The highest BCUT2D eigenvalue weighted by Crippen LogP contribution is 2.34. The number of amides is 1. The van der Waals surface area contributed by atoms with Crippen molar-refractivity contribution in [2.45, 2.75) is 32.7 Å². The van der Waals surface area contributed by atoms with Gasteiger partial charge in [0.2, 0.25) is 5.91 Å². The summed E-state index contributed by atoms with van der Waals surface area (Å²) in [4.78, 5) is 26.7. The van der Waals surface area contributed by atoms with Crippen molar-refractivity contribution in [2.75, 3.05) is 13.1 Å². The van der Waals surface area contributed by atoms with Crippen molar-refractivity contribution >= 4 is 38.7 Å². The van der Waals surface area contributed by atoms with Crippen LogP contribution in [0.2, 0.25) is 0 Å². The van der Waals surface area contributed by atoms with Crippen molar-refractivity contribution in [3.8, 4) is 0 Å². The Kier molecular flexibility index (Phi) is 4.75. The van der Waals surface area contributed by atoms with E-state index >= 15 is 0 Å². The summed E-state index contributed by atoms with van der Waals surface area (Å²) in [5, 5.41) is 3.50. The number of hydrogen-bond acceptors (Lipinski definition) is 2. The van der Waals surface area contributed by atoms with Crippen LogP contribution in [-0.4, -0.2) is 43.4 Å². The number of nitrogens with one attached hydrogen (secondary N) is 2. The fraction of sp³-hybridized carbons (Fsp3) is 0.333. The van der Waals surface area contributed by atoms with E-state index in [1.807, 2.05) is 18.5 Å². The number of aromatic amines is 2. The number of carbonyl (C=O) groups is 1. The molecule has 5 heterocycles. The average Bonchev–Trinajstić information content (AvgIpc) is 3.57. The Labute approximate surface area is 192 Å². The summed E-state index contributed by atoms with van der Waals surface area (Å²) in [6, 6.07) is 12.8. The van der Waals surface area contributed by atoms with Crippen molar-refractivity contribution in [3.63, 3.8) is 0 Å². The third kappa shape index (κ3) is 3.32. The number of H-pyrrole nitrogens is 2. The second kappa shape index (κ2) is 7.80. The Morgan fingerprint density at radius 2 is 2.06 bits per heavy atom. The molecule has 4 aromatic heterocycles. The van der Waals surface area contributed by atoms with E-state index in [-0.39, 0.29) is 17.9 Å². The second-order valence-electron chi connectivity index (χ2n) is 9.61. The van der Waals surface area contributed by atoms with Gasteiger partial charge < -0.3 is 19.4 Å². The van der Waals surface area contributed by atoms with Crippen molar-refractivity contribution in [1.82, 2.24) is 24.4 Å². The Bertz CT molecular complexity index is 1460. The van der Waals surface area contributed by atoms with Gasteiger partial charge in [-0.3, -0.25) is 4.79 Å². The molecule has 0 radical (unpaired) electrons. The van der Waals surface area contributed by atoms with Crippen LogP contribution in [0, 0.1) is 11.8 Å². The van der Waals surface area contributed by atoms with Crippen LogP contribution < -0.4 is 0 Å². The number of pyridine rings is 1. The summed E-state index contributed by atoms with van der Waals surface area (Å²) in [5.41, 5.74) is 4.46. The molecule has 2 N–H and O–H groups in total. The molecular formula is C27H29N5O. The average molecular weight is 440 g/mol. The minimum atomic E-state index is -0.0553. The van der Waals surface area contributed by atoms with Gasteiger partial charge >= 0.3 is 0 Å². The van der Waals surface area contributed by atoms with E-state index in [2.05, 4.69) is 81.0 Å². The molecule has 0 spiro atoms. The second-order valence-corrected chi connectivity index (χ2v) is 9.61. The molecule has 1 aliphatic heterocycles. The van der Waals surface area contributed by atoms with Crippen molar-refractivity contribution in [1.29, 1.82) is 0 Å². The molecule has 1 saturated heterocycles. The number of para-hydroxylation sites is 1. The van der Waals surface area contributed by atoms with E-state index in [0.717, 1.165) is 47.9 Å². The van der Waals surface area contributed by atoms with E-state index in [1.165, 1.54) is 16.5 Å². The lowest BCUT2D eigenvalue weighted by Gasteiger charge is -2.39. The van der Waals surface area contributed by atoms with E-state index in [1.54, 1.807) is 0 Å². The molecule has 1 amide bonds. The number of rotatable bonds is 4. The van der Waals surface area contributed by atoms with Crippen LogP contribution in [-0.2, 0) is 11.2 Å². The zero-order valence-corrected chi connectivity index (χ0v) is 19.1. The van der Waals surface area contributed by atoms with Gasteiger partial charge in [-0.05, 0) is 42.5 Å². The van der Waals surface area contributed by atoms with Crippen LogP contribution in [0.5, 0.6) is 0 Å². The van der Waals surface area contributed by atoms with Gasteiger partial charge in [0.15, 0.2) is 0 Å². The van der Waals surface area contributed by atoms with Crippen LogP contribution >= 0.6 is 0 Å². The highest BCUT2D eigenvalue weighted by Gasteiger charge is 2.32. The minimum absolute atomic E-state index is 0.0553. The Balaban J connectivity index is 1.26. The number of carbonyl (C=O) groups excluding carboxylic acids is 1. The highest BCUT2D eigenvalue weighted by atomic mass is 16.2. The maximum Gasteiger partial charge on any atom is 0.225 e. The normalized spacial score (nSPS) is 20.1. The first kappa shape index (κ1) is 20.1. The standard InChI is InChI=1S/C27H29N5O/c1-17-8-11-31(27(33)18(2)13-20-15-29-23-6-4-3-5-21(20)23)16-24(17)32-12-9-19-14-30-26-22(25(19)32)7-10-28-26/h3-7,9-10,12,14-15,17-18,24,29H,8,11,13,16H2,1-2H3,(H,28,30)/t17-,18?,24+/m1/s1. The third-order valence-corrected chi connectivity index (χ3v) is 7.47. The summed E-state index contributed by atoms with van der Waals surface area (Å²) in [5.74, 6) is 0.693. The molecule has 6 nitrogen and oxygen atoms in total. The Morgan fingerprint density at radius 3 is 2.97 bits per heavy atom. The predicted molar refractivity (Wildman–Crippen MR) is 132 cm³/mol. The molecule has 0 saturated carbocycles. The van der Waals surface area contributed by atoms with Crippen molar-refractivity contribution in [2.24, 2.45) is 11.8 Å². The van der Waals surface area contributed by atoms with Crippen LogP contribution in [0.4, 0.5) is 0 Å². The molecular weight excluding hydrogens is 410 g/mol. The Hall–Kier alpha value is -3.54. The molecule has 1 aromatic carbocycles. The topological polar surface area (TPSA) is 69.7 Å². The van der Waals surface area contributed by atoms with E-state index in [0.29, 0.717) is 5.92 Å². The maximum atomic E-state index is 13.5. The predicted octanol–water partition coefficient (Wildman–Crippen LogP) is 5.29. The molecule has 1 fully saturated rings. The van der Waals surface area contributed by atoms with Crippen LogP contribution in [0.1, 0.15) is 31.9 Å². The summed E-state index contributed by atoms with van der Waals surface area (Å²) in [7, 11) is 0. The first-order valence-corrected chi connectivity index (χ1v) is 11.9. The molecule has 6 rings (SSSR count). The molecule has 5 aromatic rings. The zero-order valence-electron chi connectivity index (χ0n) is 19.1. The van der Waals surface area contributed by atoms with Gasteiger partial charge in [-0.1, -0.05) is 32.0 Å². The van der Waals surface area contributed by atoms with Gasteiger partial charge in [0.05, 0.1) is 11.6 Å². The lowest BCUT2D eigenvalue weighted by molar-refractivity contribution is -0.137. The molecule has 1 unspecified atom stereocenters. The van der Waals surface area contributed by atoms with Gasteiger partial charge in [-0.25, -0.2) is 4.98 Å². The number of aromatic nitrogens is 4. The molecule has 33 heavy (non-hydrogen) atoms. The molecule has 0 aliphatic carbocycles. The number of piperidine rings is 1. The smallest absolute Gasteiger partial charge is 0.225 e. The largest absolute Gasteiger partial charge is 0.361 e. The van der Waals surface area contributed by atoms with Gasteiger partial charge in [-0.2, -0.15) is 0 Å². The quantitative estimate of drug-likeness (QED) is 0.400. The number of nitrogens with zero attached hydrogens (tertiary/aromatic N) is 3. The van der Waals surface area contributed by atoms with Crippen LogP contribution in [0.25, 0.3) is 32.8 Å². The lowest BCUT2D eigenvalue weighted by Crippen LogP contribution is -2.46. The molecule has 1 aliphatic rings. The molecule has 3 atom stereocenters. The third-order valence-electron chi connectivity index (χ3n) is 7.47. The summed E-state index contributed by atoms with van der Waals surface area (Å²) in [6.45, 7) is 5.95. The summed E-state index contributed by atoms with van der Waals surface area (Å²) < 4.78 is 2.38. The van der Waals surface area contributed by atoms with E-state index in [4.69, 9.17) is 0 Å². The Morgan fingerprint density at radius 1 is 1.18 bits per heavy atom. The lowest BCUT2D eigenvalue weighted by atomic mass is 9.91. The first-order chi connectivity index (χ1) is 16.1. The SMILES string of the molecule is CC(Cc1c[nH]c2ccccc12)C(=O)N1CC[C@@H](C)[C@@H](n2ccc3cnc4[nH]ccc4c32)C1. The van der Waals surface area contributed by atoms with Crippen LogP contribution in [0.15, 0.2) is 61.2 Å². The number of likely N-dealkylation sites (tertiary alicyclic amines) is 1. The monoisotopic (exact) mass is 439 g/mol. The molecule has 0 bridgehead atoms. The molecule has 6 heteroatoms. The summed E-state index contributed by atoms with van der Waals surface area (Å²) in [6.07, 6.45) is 9.87. The number of benzene rings is 1. The van der Waals surface area contributed by atoms with Gasteiger partial charge in [0, 0.05) is 65.5 Å². The van der Waals surface area contributed by atoms with E-state index in [9.17, 15) is 4.79 Å². The van der Waals surface area contributed by atoms with Gasteiger partial charge in [0.1, 0.15) is 5.65 Å². The number of fused-ring (bicyclic) bond motifs is 4.